The quantitative estimate of drug-likeness (QED) is 0.927. The smallest absolute Gasteiger partial charge is 0.416 e. The summed E-state index contributed by atoms with van der Waals surface area (Å²) in [6.07, 6.45) is -4.47. The molecular weight excluding hydrogens is 285 g/mol. The number of alkyl halides is 3. The van der Waals surface area contributed by atoms with Gasteiger partial charge in [0.05, 0.1) is 19.8 Å². The summed E-state index contributed by atoms with van der Waals surface area (Å²) in [6, 6.07) is 7.38. The minimum atomic E-state index is -4.47. The van der Waals surface area contributed by atoms with Crippen LogP contribution in [0.3, 0.4) is 0 Å². The number of benzene rings is 2. The minimum absolute atomic E-state index is 0.0748. The summed E-state index contributed by atoms with van der Waals surface area (Å²) in [7, 11) is 2.88. The van der Waals surface area contributed by atoms with Gasteiger partial charge >= 0.3 is 6.18 Å². The van der Waals surface area contributed by atoms with Gasteiger partial charge in [-0.05, 0) is 35.9 Å². The molecule has 2 aromatic carbocycles. The van der Waals surface area contributed by atoms with E-state index in [0.717, 1.165) is 18.2 Å². The first-order chi connectivity index (χ1) is 9.86. The minimum Gasteiger partial charge on any atom is -0.507 e. The van der Waals surface area contributed by atoms with Crippen LogP contribution in [-0.4, -0.2) is 19.3 Å². The van der Waals surface area contributed by atoms with Crippen molar-refractivity contribution in [1.29, 1.82) is 0 Å². The second-order valence-corrected chi connectivity index (χ2v) is 4.30. The topological polar surface area (TPSA) is 38.7 Å². The van der Waals surface area contributed by atoms with Crippen molar-refractivity contribution in [2.75, 3.05) is 14.2 Å². The molecule has 0 atom stereocenters. The number of halogens is 3. The fourth-order valence-electron chi connectivity index (χ4n) is 1.95. The molecule has 3 nitrogen and oxygen atoms in total. The van der Waals surface area contributed by atoms with Crippen molar-refractivity contribution in [3.63, 3.8) is 0 Å². The molecule has 0 aliphatic rings. The average molecular weight is 298 g/mol. The fraction of sp³-hybridized carbons (Fsp3) is 0.200. The lowest BCUT2D eigenvalue weighted by Crippen LogP contribution is -2.04. The van der Waals surface area contributed by atoms with Gasteiger partial charge in [0, 0.05) is 5.56 Å². The van der Waals surface area contributed by atoms with Gasteiger partial charge < -0.3 is 14.6 Å². The van der Waals surface area contributed by atoms with Crippen LogP contribution in [0.15, 0.2) is 36.4 Å². The third kappa shape index (κ3) is 3.04. The molecule has 0 aromatic heterocycles. The summed E-state index contributed by atoms with van der Waals surface area (Å²) in [6.45, 7) is 0. The molecule has 0 amide bonds. The van der Waals surface area contributed by atoms with Crippen LogP contribution in [0, 0.1) is 0 Å². The molecule has 0 heterocycles. The van der Waals surface area contributed by atoms with E-state index in [1.54, 1.807) is 12.1 Å². The Labute approximate surface area is 119 Å². The van der Waals surface area contributed by atoms with Gasteiger partial charge in [0.2, 0.25) is 0 Å². The number of hydrogen-bond acceptors (Lipinski definition) is 3. The molecule has 0 radical (unpaired) electrons. The van der Waals surface area contributed by atoms with E-state index < -0.39 is 11.7 Å². The predicted octanol–water partition coefficient (Wildman–Crippen LogP) is 4.10. The van der Waals surface area contributed by atoms with E-state index >= 15 is 0 Å². The molecule has 0 saturated heterocycles. The molecule has 0 aliphatic carbocycles. The summed E-state index contributed by atoms with van der Waals surface area (Å²) in [5, 5.41) is 9.80. The zero-order valence-corrected chi connectivity index (χ0v) is 11.4. The normalized spacial score (nSPS) is 11.3. The van der Waals surface area contributed by atoms with E-state index in [1.807, 2.05) is 0 Å². The molecule has 1 N–H and O–H groups in total. The van der Waals surface area contributed by atoms with Crippen molar-refractivity contribution in [3.8, 4) is 28.4 Å². The average Bonchev–Trinajstić information content (AvgIpc) is 2.45. The van der Waals surface area contributed by atoms with Gasteiger partial charge in [-0.1, -0.05) is 6.07 Å². The van der Waals surface area contributed by atoms with Crippen LogP contribution in [0.1, 0.15) is 5.56 Å². The molecule has 2 aromatic rings. The van der Waals surface area contributed by atoms with E-state index in [4.69, 9.17) is 9.47 Å². The Balaban J connectivity index is 2.56. The first-order valence-corrected chi connectivity index (χ1v) is 5.99. The number of methoxy groups -OCH3 is 2. The Morgan fingerprint density at radius 2 is 1.57 bits per heavy atom. The van der Waals surface area contributed by atoms with Crippen LogP contribution >= 0.6 is 0 Å². The molecule has 0 bridgehead atoms. The Bertz CT molecular complexity index is 651. The van der Waals surface area contributed by atoms with Gasteiger partial charge in [-0.15, -0.1) is 0 Å². The van der Waals surface area contributed by atoms with Crippen molar-refractivity contribution in [2.45, 2.75) is 6.18 Å². The van der Waals surface area contributed by atoms with Gasteiger partial charge in [-0.2, -0.15) is 13.2 Å². The number of ether oxygens (including phenoxy) is 2. The van der Waals surface area contributed by atoms with Crippen molar-refractivity contribution >= 4 is 0 Å². The van der Waals surface area contributed by atoms with E-state index in [-0.39, 0.29) is 11.3 Å². The molecule has 0 aliphatic heterocycles. The highest BCUT2D eigenvalue weighted by molar-refractivity contribution is 5.73. The number of phenolic OH excluding ortho intramolecular Hbond substituents is 1. The van der Waals surface area contributed by atoms with Gasteiger partial charge in [-0.25, -0.2) is 0 Å². The Kier molecular flexibility index (Phi) is 3.97. The van der Waals surface area contributed by atoms with Crippen molar-refractivity contribution in [2.24, 2.45) is 0 Å². The van der Waals surface area contributed by atoms with Crippen LogP contribution in [0.25, 0.3) is 11.1 Å². The lowest BCUT2D eigenvalue weighted by atomic mass is 10.0. The molecule has 0 unspecified atom stereocenters. The molecule has 0 spiro atoms. The second-order valence-electron chi connectivity index (χ2n) is 4.30. The molecular formula is C15H13F3O3. The van der Waals surface area contributed by atoms with E-state index in [0.29, 0.717) is 17.1 Å². The van der Waals surface area contributed by atoms with Gasteiger partial charge in [0.1, 0.15) is 5.75 Å². The lowest BCUT2D eigenvalue weighted by molar-refractivity contribution is -0.137. The highest BCUT2D eigenvalue weighted by Gasteiger charge is 2.31. The Hall–Kier alpha value is -2.37. The maximum absolute atomic E-state index is 12.8. The number of phenols is 1. The number of rotatable bonds is 3. The van der Waals surface area contributed by atoms with Crippen LogP contribution in [0.5, 0.6) is 17.2 Å². The third-order valence-electron chi connectivity index (χ3n) is 3.02. The monoisotopic (exact) mass is 298 g/mol. The summed E-state index contributed by atoms with van der Waals surface area (Å²) in [4.78, 5) is 0. The van der Waals surface area contributed by atoms with Gasteiger partial charge in [0.25, 0.3) is 0 Å². The summed E-state index contributed by atoms with van der Waals surface area (Å²) in [5.41, 5.74) is -0.355. The first-order valence-electron chi connectivity index (χ1n) is 5.99. The maximum atomic E-state index is 12.8. The SMILES string of the molecule is COc1ccc(-c2cc(C(F)(F)F)ccc2O)cc1OC. The van der Waals surface area contributed by atoms with Gasteiger partial charge in [0.15, 0.2) is 11.5 Å². The highest BCUT2D eigenvalue weighted by Crippen LogP contribution is 2.39. The van der Waals surface area contributed by atoms with Crippen molar-refractivity contribution in [3.05, 3.63) is 42.0 Å². The first kappa shape index (κ1) is 15.0. The van der Waals surface area contributed by atoms with Crippen LogP contribution in [0.2, 0.25) is 0 Å². The number of hydrogen-bond donors (Lipinski definition) is 1. The summed E-state index contributed by atoms with van der Waals surface area (Å²) >= 11 is 0. The predicted molar refractivity (Wildman–Crippen MR) is 71.6 cm³/mol. The Morgan fingerprint density at radius 1 is 0.905 bits per heavy atom. The molecule has 0 fully saturated rings. The fourth-order valence-corrected chi connectivity index (χ4v) is 1.95. The van der Waals surface area contributed by atoms with Crippen molar-refractivity contribution < 1.29 is 27.8 Å². The standard InChI is InChI=1S/C15H13F3O3/c1-20-13-6-3-9(7-14(13)21-2)11-8-10(15(16,17)18)4-5-12(11)19/h3-8,19H,1-2H3. The second kappa shape index (κ2) is 5.55. The molecule has 6 heteroatoms. The van der Waals surface area contributed by atoms with Crippen LogP contribution in [-0.2, 0) is 6.18 Å². The molecule has 21 heavy (non-hydrogen) atoms. The van der Waals surface area contributed by atoms with E-state index in [9.17, 15) is 18.3 Å². The molecule has 112 valence electrons. The van der Waals surface area contributed by atoms with E-state index in [1.165, 1.54) is 20.3 Å². The lowest BCUT2D eigenvalue weighted by Gasteiger charge is -2.13. The van der Waals surface area contributed by atoms with Crippen LogP contribution < -0.4 is 9.47 Å². The zero-order valence-electron chi connectivity index (χ0n) is 11.4. The summed E-state index contributed by atoms with van der Waals surface area (Å²) < 4.78 is 48.4. The van der Waals surface area contributed by atoms with E-state index in [2.05, 4.69) is 0 Å². The largest absolute Gasteiger partial charge is 0.507 e. The maximum Gasteiger partial charge on any atom is 0.416 e. The third-order valence-corrected chi connectivity index (χ3v) is 3.02. The Morgan fingerprint density at radius 3 is 2.14 bits per heavy atom. The zero-order chi connectivity index (χ0) is 15.6. The van der Waals surface area contributed by atoms with Crippen LogP contribution in [0.4, 0.5) is 13.2 Å². The summed E-state index contributed by atoms with van der Waals surface area (Å²) in [5.74, 6) is 0.578. The van der Waals surface area contributed by atoms with Gasteiger partial charge in [-0.3, -0.25) is 0 Å². The highest BCUT2D eigenvalue weighted by atomic mass is 19.4. The number of aromatic hydroxyl groups is 1. The van der Waals surface area contributed by atoms with Crippen molar-refractivity contribution in [1.82, 2.24) is 0 Å². The molecule has 0 saturated carbocycles. The molecule has 2 rings (SSSR count).